The van der Waals surface area contributed by atoms with Gasteiger partial charge in [0.15, 0.2) is 0 Å². The van der Waals surface area contributed by atoms with E-state index < -0.39 is 0 Å². The monoisotopic (exact) mass is 375 g/mol. The minimum absolute atomic E-state index is 0.0217. The predicted octanol–water partition coefficient (Wildman–Crippen LogP) is 4.67. The van der Waals surface area contributed by atoms with Gasteiger partial charge in [0.2, 0.25) is 0 Å². The van der Waals surface area contributed by atoms with Crippen LogP contribution in [0.1, 0.15) is 72.1 Å². The predicted molar refractivity (Wildman–Crippen MR) is 106 cm³/mol. The van der Waals surface area contributed by atoms with Crippen molar-refractivity contribution in [3.8, 4) is 0 Å². The maximum Gasteiger partial charge on any atom is 0.407 e. The lowest BCUT2D eigenvalue weighted by Crippen LogP contribution is -2.51. The van der Waals surface area contributed by atoms with Gasteiger partial charge in [0.1, 0.15) is 6.10 Å². The molecule has 0 radical (unpaired) electrons. The largest absolute Gasteiger partial charge is 0.446 e. The molecular formula is C23H37NO3. The summed E-state index contributed by atoms with van der Waals surface area (Å²) in [5.74, 6) is 2.72. The minimum Gasteiger partial charge on any atom is -0.446 e. The Kier molecular flexibility index (Phi) is 4.85. The van der Waals surface area contributed by atoms with Crippen LogP contribution in [0.25, 0.3) is 0 Å². The van der Waals surface area contributed by atoms with Crippen LogP contribution in [0.3, 0.4) is 0 Å². The lowest BCUT2D eigenvalue weighted by molar-refractivity contribution is -0.0690. The van der Waals surface area contributed by atoms with E-state index in [1.807, 2.05) is 0 Å². The van der Waals surface area contributed by atoms with Gasteiger partial charge in [-0.3, -0.25) is 0 Å². The smallest absolute Gasteiger partial charge is 0.407 e. The Bertz CT molecular complexity index is 631. The van der Waals surface area contributed by atoms with Gasteiger partial charge in [0.05, 0.1) is 6.10 Å². The number of amides is 1. The van der Waals surface area contributed by atoms with Gasteiger partial charge >= 0.3 is 6.09 Å². The number of alkyl carbamates (subject to hydrolysis) is 1. The fraction of sp³-hybridized carbons (Fsp3) is 0.870. The quantitative estimate of drug-likeness (QED) is 0.690. The fourth-order valence-corrected chi connectivity index (χ4v) is 7.76. The number of hydrogen-bond donors (Lipinski definition) is 2. The maximum atomic E-state index is 11.7. The third-order valence-electron chi connectivity index (χ3n) is 9.21. The van der Waals surface area contributed by atoms with Crippen LogP contribution in [0.5, 0.6) is 0 Å². The highest BCUT2D eigenvalue weighted by Crippen LogP contribution is 2.66. The van der Waals surface area contributed by atoms with Gasteiger partial charge in [-0.05, 0) is 86.9 Å². The summed E-state index contributed by atoms with van der Waals surface area (Å²) in [5, 5.41) is 12.7. The summed E-state index contributed by atoms with van der Waals surface area (Å²) in [4.78, 5) is 11.7. The zero-order valence-electron chi connectivity index (χ0n) is 17.5. The molecule has 4 rings (SSSR count). The van der Waals surface area contributed by atoms with Crippen LogP contribution in [0.4, 0.5) is 4.79 Å². The number of aliphatic hydroxyl groups excluding tert-OH is 1. The summed E-state index contributed by atoms with van der Waals surface area (Å²) in [5.41, 5.74) is 2.12. The third-order valence-corrected chi connectivity index (χ3v) is 9.21. The molecule has 152 valence electrons. The molecule has 0 heterocycles. The van der Waals surface area contributed by atoms with Crippen LogP contribution in [-0.4, -0.2) is 30.5 Å². The van der Waals surface area contributed by atoms with Crippen LogP contribution in [0, 0.1) is 34.5 Å². The Hall–Kier alpha value is -1.03. The molecule has 0 bridgehead atoms. The van der Waals surface area contributed by atoms with E-state index in [4.69, 9.17) is 4.74 Å². The number of ether oxygens (including phenoxy) is 1. The summed E-state index contributed by atoms with van der Waals surface area (Å²) in [6, 6.07) is 0. The van der Waals surface area contributed by atoms with Gasteiger partial charge in [-0.2, -0.15) is 0 Å². The molecule has 0 saturated heterocycles. The van der Waals surface area contributed by atoms with Crippen molar-refractivity contribution in [1.29, 1.82) is 0 Å². The van der Waals surface area contributed by atoms with Crippen LogP contribution >= 0.6 is 0 Å². The first kappa shape index (κ1) is 19.3. The van der Waals surface area contributed by atoms with E-state index in [1.165, 1.54) is 37.7 Å². The molecule has 8 atom stereocenters. The molecule has 4 aliphatic carbocycles. The molecule has 0 spiro atoms. The zero-order chi connectivity index (χ0) is 19.4. The molecule has 1 amide bonds. The van der Waals surface area contributed by atoms with E-state index in [1.54, 1.807) is 7.05 Å². The Labute approximate surface area is 164 Å². The van der Waals surface area contributed by atoms with Gasteiger partial charge in [0, 0.05) is 13.0 Å². The Morgan fingerprint density at radius 3 is 2.74 bits per heavy atom. The molecule has 0 aliphatic heterocycles. The van der Waals surface area contributed by atoms with Crippen molar-refractivity contribution in [2.24, 2.45) is 34.5 Å². The zero-order valence-corrected chi connectivity index (χ0v) is 17.5. The number of allylic oxidation sites excluding steroid dienone is 1. The van der Waals surface area contributed by atoms with E-state index in [-0.39, 0.29) is 23.7 Å². The lowest BCUT2D eigenvalue weighted by Gasteiger charge is -2.58. The third kappa shape index (κ3) is 2.94. The van der Waals surface area contributed by atoms with Crippen molar-refractivity contribution < 1.29 is 14.6 Å². The van der Waals surface area contributed by atoms with E-state index >= 15 is 0 Å². The lowest BCUT2D eigenvalue weighted by atomic mass is 9.47. The van der Waals surface area contributed by atoms with E-state index in [0.717, 1.165) is 37.0 Å². The Morgan fingerprint density at radius 2 is 2.00 bits per heavy atom. The first-order chi connectivity index (χ1) is 12.8. The molecule has 3 fully saturated rings. The van der Waals surface area contributed by atoms with Gasteiger partial charge in [0.25, 0.3) is 0 Å². The van der Waals surface area contributed by atoms with Gasteiger partial charge < -0.3 is 15.2 Å². The van der Waals surface area contributed by atoms with Gasteiger partial charge in [-0.15, -0.1) is 0 Å². The molecule has 4 nitrogen and oxygen atoms in total. The molecule has 2 N–H and O–H groups in total. The molecule has 0 aromatic heterocycles. The highest BCUT2D eigenvalue weighted by atomic mass is 16.6. The van der Waals surface area contributed by atoms with Gasteiger partial charge in [-0.1, -0.05) is 25.5 Å². The number of nitrogens with one attached hydrogen (secondary N) is 1. The molecule has 4 aliphatic rings. The van der Waals surface area contributed by atoms with Crippen molar-refractivity contribution in [2.75, 3.05) is 7.05 Å². The number of hydrogen-bond acceptors (Lipinski definition) is 3. The van der Waals surface area contributed by atoms with Crippen LogP contribution in [0.2, 0.25) is 0 Å². The molecule has 3 saturated carbocycles. The van der Waals surface area contributed by atoms with E-state index in [0.29, 0.717) is 11.3 Å². The minimum atomic E-state index is -0.304. The normalized spacial score (nSPS) is 47.1. The van der Waals surface area contributed by atoms with Crippen molar-refractivity contribution in [3.63, 3.8) is 0 Å². The highest BCUT2D eigenvalue weighted by molar-refractivity contribution is 5.66. The van der Waals surface area contributed by atoms with Crippen LogP contribution in [0.15, 0.2) is 11.6 Å². The van der Waals surface area contributed by atoms with Crippen molar-refractivity contribution >= 4 is 6.09 Å². The summed E-state index contributed by atoms with van der Waals surface area (Å²) >= 11 is 0. The van der Waals surface area contributed by atoms with Crippen molar-refractivity contribution in [3.05, 3.63) is 11.6 Å². The molecule has 27 heavy (non-hydrogen) atoms. The first-order valence-corrected chi connectivity index (χ1v) is 11.1. The van der Waals surface area contributed by atoms with Gasteiger partial charge in [-0.25, -0.2) is 4.79 Å². The molecule has 4 heteroatoms. The second-order valence-corrected chi connectivity index (χ2v) is 10.2. The Balaban J connectivity index is 1.56. The second-order valence-electron chi connectivity index (χ2n) is 10.2. The molecule has 0 aromatic carbocycles. The summed E-state index contributed by atoms with van der Waals surface area (Å²) in [6.07, 6.45) is 11.2. The van der Waals surface area contributed by atoms with Crippen LogP contribution in [-0.2, 0) is 4.74 Å². The average Bonchev–Trinajstić information content (AvgIpc) is 2.99. The Morgan fingerprint density at radius 1 is 1.22 bits per heavy atom. The molecular weight excluding hydrogens is 338 g/mol. The number of carbonyl (C=O) groups excluding carboxylic acids is 1. The van der Waals surface area contributed by atoms with Crippen molar-refractivity contribution in [1.82, 2.24) is 5.32 Å². The summed E-state index contributed by atoms with van der Waals surface area (Å²) in [7, 11) is 1.63. The standard InChI is InChI=1S/C23H37NO3/c1-14(27-21(26)24-4)18-7-8-19-17-6-5-15-13-16(25)9-11-22(15,2)20(17)10-12-23(18,19)3/h5,14,16-20,25H,6-13H2,1-4H3,(H,24,26)/t14?,16-,17-,18+,19-,20-,22-,23+/m0/s1. The van der Waals surface area contributed by atoms with E-state index in [9.17, 15) is 9.90 Å². The van der Waals surface area contributed by atoms with Crippen LogP contribution < -0.4 is 5.32 Å². The first-order valence-electron chi connectivity index (χ1n) is 11.1. The molecule has 1 unspecified atom stereocenters. The molecule has 0 aromatic rings. The highest BCUT2D eigenvalue weighted by Gasteiger charge is 2.59. The SMILES string of the molecule is CNC(=O)OC(C)[C@H]1CC[C@H]2[C@@H]3CC=C4C[C@@H](O)CC[C@]4(C)[C@H]3CC[C@]12C. The van der Waals surface area contributed by atoms with E-state index in [2.05, 4.69) is 32.2 Å². The number of fused-ring (bicyclic) bond motifs is 5. The summed E-state index contributed by atoms with van der Waals surface area (Å²) < 4.78 is 5.66. The number of rotatable bonds is 2. The second kappa shape index (κ2) is 6.79. The topological polar surface area (TPSA) is 58.6 Å². The fourth-order valence-electron chi connectivity index (χ4n) is 7.76. The summed E-state index contributed by atoms with van der Waals surface area (Å²) in [6.45, 7) is 7.04. The number of aliphatic hydroxyl groups is 1. The van der Waals surface area contributed by atoms with Crippen molar-refractivity contribution in [2.45, 2.75) is 84.3 Å². The number of carbonyl (C=O) groups is 1. The maximum absolute atomic E-state index is 11.7. The average molecular weight is 376 g/mol.